The number of hydrogen-bond acceptors (Lipinski definition) is 8. The molecule has 0 bridgehead atoms. The van der Waals surface area contributed by atoms with E-state index in [9.17, 15) is 34.9 Å². The van der Waals surface area contributed by atoms with Gasteiger partial charge in [-0.1, -0.05) is 42.0 Å². The Morgan fingerprint density at radius 3 is 2.62 bits per heavy atom. The lowest BCUT2D eigenvalue weighted by atomic mass is 9.58. The van der Waals surface area contributed by atoms with Crippen molar-refractivity contribution >= 4 is 43.3 Å². The van der Waals surface area contributed by atoms with Crippen molar-refractivity contribution in [2.75, 3.05) is 11.5 Å². The van der Waals surface area contributed by atoms with Crippen LogP contribution in [-0.4, -0.2) is 64.0 Å². The molecule has 2 heterocycles. The molecule has 2 aromatic rings. The van der Waals surface area contributed by atoms with Gasteiger partial charge in [0.2, 0.25) is 11.8 Å². The molecule has 5 N–H and O–H groups in total. The van der Waals surface area contributed by atoms with Gasteiger partial charge in [-0.2, -0.15) is 0 Å². The minimum atomic E-state index is -1.75. The lowest BCUT2D eigenvalue weighted by Gasteiger charge is -2.42. The predicted molar refractivity (Wildman–Crippen MR) is 147 cm³/mol. The highest BCUT2D eigenvalue weighted by atomic mass is 16.5. The quantitative estimate of drug-likeness (QED) is 0.204. The van der Waals surface area contributed by atoms with Gasteiger partial charge in [0.1, 0.15) is 5.75 Å². The summed E-state index contributed by atoms with van der Waals surface area (Å²) in [6.45, 7) is 1.65. The third-order valence-corrected chi connectivity index (χ3v) is 8.06. The smallest absolute Gasteiger partial charge is 0.488 e. The summed E-state index contributed by atoms with van der Waals surface area (Å²) in [6.07, 6.45) is 2.76. The van der Waals surface area contributed by atoms with E-state index in [2.05, 4.69) is 0 Å². The number of hydrogen-bond donors (Lipinski definition) is 5. The van der Waals surface area contributed by atoms with Crippen LogP contribution < -0.4 is 10.4 Å². The zero-order valence-electron chi connectivity index (χ0n) is 21.6. The first-order chi connectivity index (χ1) is 18.7. The SMILES string of the molecule is C/C(=C\c1ccccc1O)CC[C@H]1OB(O)C[C@H]2C1=C(CO)C[C@H]1C(=O)N(c3cccc(B(O)O)c3)C(=O)[C@H]12. The van der Waals surface area contributed by atoms with Crippen molar-refractivity contribution in [3.63, 3.8) is 0 Å². The van der Waals surface area contributed by atoms with Crippen LogP contribution >= 0.6 is 0 Å². The van der Waals surface area contributed by atoms with E-state index in [1.807, 2.05) is 25.1 Å². The molecular weight excluding hydrogens is 500 g/mol. The largest absolute Gasteiger partial charge is 0.507 e. The molecule has 11 heteroatoms. The molecule has 0 spiro atoms. The molecule has 3 aliphatic rings. The minimum absolute atomic E-state index is 0.130. The lowest BCUT2D eigenvalue weighted by Crippen LogP contribution is -2.46. The summed E-state index contributed by atoms with van der Waals surface area (Å²) in [4.78, 5) is 28.3. The van der Waals surface area contributed by atoms with Crippen molar-refractivity contribution in [2.45, 2.75) is 38.6 Å². The molecule has 2 fully saturated rings. The second kappa shape index (κ2) is 11.1. The molecule has 2 aromatic carbocycles. The third-order valence-electron chi connectivity index (χ3n) is 8.06. The number of allylic oxidation sites excluding steroid dienone is 1. The Bertz CT molecular complexity index is 1340. The first-order valence-corrected chi connectivity index (χ1v) is 13.1. The number of rotatable bonds is 7. The maximum absolute atomic E-state index is 13.7. The zero-order valence-corrected chi connectivity index (χ0v) is 21.6. The van der Waals surface area contributed by atoms with Crippen LogP contribution in [0.5, 0.6) is 5.75 Å². The van der Waals surface area contributed by atoms with Crippen LogP contribution in [0.4, 0.5) is 5.69 Å². The fourth-order valence-electron chi connectivity index (χ4n) is 6.30. The Kier molecular flexibility index (Phi) is 7.80. The number of carbonyl (C=O) groups excluding carboxylic acids is 2. The van der Waals surface area contributed by atoms with Crippen molar-refractivity contribution in [1.29, 1.82) is 0 Å². The van der Waals surface area contributed by atoms with Crippen LogP contribution in [0, 0.1) is 17.8 Å². The highest BCUT2D eigenvalue weighted by Gasteiger charge is 2.57. The molecule has 2 saturated heterocycles. The van der Waals surface area contributed by atoms with E-state index in [1.165, 1.54) is 12.1 Å². The molecule has 4 atom stereocenters. The van der Waals surface area contributed by atoms with Gasteiger partial charge in [0.25, 0.3) is 0 Å². The van der Waals surface area contributed by atoms with Gasteiger partial charge in [0.05, 0.1) is 30.2 Å². The fourth-order valence-corrected chi connectivity index (χ4v) is 6.30. The molecule has 0 radical (unpaired) electrons. The number of phenols is 1. The number of aliphatic hydroxyl groups excluding tert-OH is 1. The first kappa shape index (κ1) is 27.4. The van der Waals surface area contributed by atoms with Gasteiger partial charge in [-0.15, -0.1) is 0 Å². The van der Waals surface area contributed by atoms with Crippen molar-refractivity contribution in [1.82, 2.24) is 0 Å². The number of aromatic hydroxyl groups is 1. The van der Waals surface area contributed by atoms with Gasteiger partial charge >= 0.3 is 14.2 Å². The van der Waals surface area contributed by atoms with Crippen molar-refractivity contribution in [3.8, 4) is 5.75 Å². The summed E-state index contributed by atoms with van der Waals surface area (Å²) in [5, 5.41) is 50.2. The summed E-state index contributed by atoms with van der Waals surface area (Å²) in [7, 11) is -2.88. The third kappa shape index (κ3) is 5.20. The number of phenolic OH excluding ortho intramolecular Hbond substituents is 1. The Morgan fingerprint density at radius 2 is 1.90 bits per heavy atom. The molecule has 2 aliphatic heterocycles. The molecular formula is C28H31B2NO8. The molecule has 0 saturated carbocycles. The number of para-hydroxylation sites is 1. The van der Waals surface area contributed by atoms with Crippen LogP contribution in [-0.2, 0) is 14.2 Å². The highest BCUT2D eigenvalue weighted by molar-refractivity contribution is 6.58. The summed E-state index contributed by atoms with van der Waals surface area (Å²) >= 11 is 0. The van der Waals surface area contributed by atoms with E-state index >= 15 is 0 Å². The second-order valence-electron chi connectivity index (χ2n) is 10.5. The summed E-state index contributed by atoms with van der Waals surface area (Å²) in [6, 6.07) is 13.0. The van der Waals surface area contributed by atoms with Crippen LogP contribution in [0.3, 0.4) is 0 Å². The van der Waals surface area contributed by atoms with Crippen LogP contribution in [0.25, 0.3) is 6.08 Å². The summed E-state index contributed by atoms with van der Waals surface area (Å²) in [5.74, 6) is -2.52. The number of carbonyl (C=O) groups is 2. The van der Waals surface area contributed by atoms with E-state index in [0.29, 0.717) is 24.0 Å². The van der Waals surface area contributed by atoms with Gasteiger partial charge in [0, 0.05) is 5.56 Å². The van der Waals surface area contributed by atoms with Crippen LogP contribution in [0.2, 0.25) is 6.32 Å². The minimum Gasteiger partial charge on any atom is -0.507 e. The van der Waals surface area contributed by atoms with E-state index < -0.39 is 49.9 Å². The average Bonchev–Trinajstić information content (AvgIpc) is 3.17. The molecule has 202 valence electrons. The monoisotopic (exact) mass is 531 g/mol. The Balaban J connectivity index is 1.42. The van der Waals surface area contributed by atoms with E-state index in [4.69, 9.17) is 4.65 Å². The second-order valence-corrected chi connectivity index (χ2v) is 10.5. The Hall–Kier alpha value is -3.21. The maximum atomic E-state index is 13.7. The lowest BCUT2D eigenvalue weighted by molar-refractivity contribution is -0.122. The fraction of sp³-hybridized carbons (Fsp3) is 0.357. The van der Waals surface area contributed by atoms with Gasteiger partial charge in [-0.25, -0.2) is 0 Å². The molecule has 1 aliphatic carbocycles. The Labute approximate surface area is 227 Å². The number of amides is 2. The van der Waals surface area contributed by atoms with Crippen molar-refractivity contribution < 1.29 is 39.5 Å². The number of imide groups is 1. The number of aliphatic hydroxyl groups is 1. The topological polar surface area (TPSA) is 148 Å². The van der Waals surface area contributed by atoms with Crippen LogP contribution in [0.15, 0.2) is 65.3 Å². The molecule has 39 heavy (non-hydrogen) atoms. The molecule has 0 aromatic heterocycles. The Morgan fingerprint density at radius 1 is 1.13 bits per heavy atom. The number of nitrogens with zero attached hydrogens (tertiary/aromatic N) is 1. The van der Waals surface area contributed by atoms with Crippen molar-refractivity contribution in [3.05, 3.63) is 70.8 Å². The predicted octanol–water partition coefficient (Wildman–Crippen LogP) is 1.25. The van der Waals surface area contributed by atoms with Gasteiger partial charge in [0.15, 0.2) is 0 Å². The highest BCUT2D eigenvalue weighted by Crippen LogP contribution is 2.51. The van der Waals surface area contributed by atoms with Gasteiger partial charge in [-0.05, 0) is 73.2 Å². The summed E-state index contributed by atoms with van der Waals surface area (Å²) in [5.41, 5.74) is 3.53. The standard InChI is InChI=1S/C28H31B2NO8/c1-16(11-17-5-2-3-8-23(17)33)9-10-24-25-18(15-32)12-21-26(22(25)14-29(36)39-24)28(35)31(27(21)34)20-7-4-6-19(13-20)30(37)38/h2-8,11,13,21-22,24,26,32-33,36-38H,9-10,12,14-15H2,1H3/b16-11+/t21-,22+,24-,26-/m1/s1. The molecule has 9 nitrogen and oxygen atoms in total. The van der Waals surface area contributed by atoms with Gasteiger partial charge < -0.3 is 29.9 Å². The summed E-state index contributed by atoms with van der Waals surface area (Å²) < 4.78 is 5.92. The normalized spacial score (nSPS) is 25.2. The van der Waals surface area contributed by atoms with E-state index in [-0.39, 0.29) is 36.2 Å². The van der Waals surface area contributed by atoms with Gasteiger partial charge in [-0.3, -0.25) is 14.5 Å². The van der Waals surface area contributed by atoms with Crippen molar-refractivity contribution in [2.24, 2.45) is 17.8 Å². The molecule has 2 amide bonds. The van der Waals surface area contributed by atoms with Crippen LogP contribution in [0.1, 0.15) is 31.7 Å². The zero-order chi connectivity index (χ0) is 27.8. The molecule has 0 unspecified atom stereocenters. The number of benzene rings is 2. The van der Waals surface area contributed by atoms with E-state index in [1.54, 1.807) is 24.3 Å². The number of fused-ring (bicyclic) bond motifs is 3. The first-order valence-electron chi connectivity index (χ1n) is 13.1. The molecule has 5 rings (SSSR count). The number of anilines is 1. The average molecular weight is 531 g/mol. The van der Waals surface area contributed by atoms with E-state index in [0.717, 1.165) is 16.0 Å². The maximum Gasteiger partial charge on any atom is 0.488 e.